The molecule has 0 bridgehead atoms. The summed E-state index contributed by atoms with van der Waals surface area (Å²) in [7, 11) is -7.09. The Morgan fingerprint density at radius 3 is 2.39 bits per heavy atom. The molecule has 204 valence electrons. The second-order valence-corrected chi connectivity index (χ2v) is 13.6. The molecule has 1 saturated heterocycles. The monoisotopic (exact) mass is 560 g/mol. The van der Waals surface area contributed by atoms with Crippen LogP contribution in [-0.4, -0.2) is 69.8 Å². The van der Waals surface area contributed by atoms with Gasteiger partial charge in [-0.2, -0.15) is 0 Å². The number of aromatic nitrogens is 1. The fourth-order valence-corrected chi connectivity index (χ4v) is 6.79. The van der Waals surface area contributed by atoms with Gasteiger partial charge in [-0.1, -0.05) is 18.2 Å². The number of hydrogen-bond donors (Lipinski definition) is 2. The molecule has 1 aliphatic heterocycles. The average Bonchev–Trinajstić information content (AvgIpc) is 2.87. The van der Waals surface area contributed by atoms with Crippen molar-refractivity contribution in [2.24, 2.45) is 5.73 Å². The first-order valence-electron chi connectivity index (χ1n) is 12.2. The number of likely N-dealkylation sites (tertiary alicyclic amines) is 1. The molecule has 2 heterocycles. The quantitative estimate of drug-likeness (QED) is 0.381. The van der Waals surface area contributed by atoms with E-state index in [0.29, 0.717) is 38.3 Å². The van der Waals surface area contributed by atoms with Gasteiger partial charge in [0.05, 0.1) is 15.7 Å². The Morgan fingerprint density at radius 2 is 1.76 bits per heavy atom. The second-order valence-electron chi connectivity index (χ2n) is 9.53. The van der Waals surface area contributed by atoms with Crippen molar-refractivity contribution < 1.29 is 26.4 Å². The highest BCUT2D eigenvalue weighted by molar-refractivity contribution is 7.91. The number of benzene rings is 2. The van der Waals surface area contributed by atoms with Crippen LogP contribution >= 0.6 is 0 Å². The lowest BCUT2D eigenvalue weighted by Gasteiger charge is -2.35. The maximum Gasteiger partial charge on any atom is 0.240 e. The Hall–Kier alpha value is -3.06. The van der Waals surface area contributed by atoms with Gasteiger partial charge in [0.1, 0.15) is 28.2 Å². The number of nitrogens with two attached hydrogens (primary N) is 1. The molecule has 0 saturated carbocycles. The van der Waals surface area contributed by atoms with Gasteiger partial charge in [-0.05, 0) is 56.2 Å². The number of hydrogen-bond acceptors (Lipinski definition) is 8. The van der Waals surface area contributed by atoms with E-state index in [-0.39, 0.29) is 11.4 Å². The van der Waals surface area contributed by atoms with E-state index in [9.17, 15) is 21.6 Å². The number of sulfonamides is 1. The molecule has 2 aromatic carbocycles. The molecule has 1 atom stereocenters. The summed E-state index contributed by atoms with van der Waals surface area (Å²) in [6.07, 6.45) is 1.93. The fourth-order valence-electron chi connectivity index (χ4n) is 4.69. The van der Waals surface area contributed by atoms with E-state index in [2.05, 4.69) is 9.71 Å². The number of amides is 1. The number of fused-ring (bicyclic) bond motifs is 1. The average molecular weight is 561 g/mol. The van der Waals surface area contributed by atoms with Gasteiger partial charge in [0.15, 0.2) is 0 Å². The number of nitrogens with one attached hydrogen (secondary N) is 1. The van der Waals surface area contributed by atoms with Gasteiger partial charge >= 0.3 is 0 Å². The van der Waals surface area contributed by atoms with Crippen molar-refractivity contribution in [1.29, 1.82) is 0 Å². The van der Waals surface area contributed by atoms with Crippen molar-refractivity contribution in [3.63, 3.8) is 0 Å². The number of piperidine rings is 1. The third kappa shape index (κ3) is 6.68. The number of primary amides is 1. The van der Waals surface area contributed by atoms with Crippen molar-refractivity contribution in [3.8, 4) is 5.75 Å². The summed E-state index contributed by atoms with van der Waals surface area (Å²) in [5, 5.41) is 0.525. The highest BCUT2D eigenvalue weighted by atomic mass is 32.2. The Balaban J connectivity index is 1.37. The summed E-state index contributed by atoms with van der Waals surface area (Å²) in [5.41, 5.74) is 8.28. The molecule has 12 heteroatoms. The molecule has 1 aromatic heterocycles. The van der Waals surface area contributed by atoms with Crippen molar-refractivity contribution in [2.45, 2.75) is 42.6 Å². The number of pyridine rings is 1. The maximum absolute atomic E-state index is 12.9. The van der Waals surface area contributed by atoms with Gasteiger partial charge in [-0.15, -0.1) is 0 Å². The molecule has 1 aliphatic rings. The van der Waals surface area contributed by atoms with Gasteiger partial charge in [-0.3, -0.25) is 14.7 Å². The van der Waals surface area contributed by atoms with Gasteiger partial charge in [0.2, 0.25) is 15.9 Å². The number of ether oxygens (including phenoxy) is 1. The largest absolute Gasteiger partial charge is 0.489 e. The van der Waals surface area contributed by atoms with Gasteiger partial charge < -0.3 is 10.5 Å². The minimum atomic E-state index is -3.92. The zero-order valence-corrected chi connectivity index (χ0v) is 23.0. The number of carbonyl (C=O) groups excluding carboxylic acids is 1. The summed E-state index contributed by atoms with van der Waals surface area (Å²) in [6, 6.07) is 14.9. The molecule has 10 nitrogen and oxygen atoms in total. The molecule has 0 unspecified atom stereocenters. The summed E-state index contributed by atoms with van der Waals surface area (Å²) < 4.78 is 57.8. The molecular formula is C26H32N4O6S2. The third-order valence-electron chi connectivity index (χ3n) is 6.78. The summed E-state index contributed by atoms with van der Waals surface area (Å²) in [5.74, 6) is -0.167. The molecular weight excluding hydrogens is 528 g/mol. The fraction of sp³-hybridized carbons (Fsp3) is 0.385. The van der Waals surface area contributed by atoms with Crippen LogP contribution in [0.2, 0.25) is 0 Å². The van der Waals surface area contributed by atoms with Gasteiger partial charge in [0, 0.05) is 42.5 Å². The van der Waals surface area contributed by atoms with Crippen molar-refractivity contribution in [2.75, 3.05) is 25.9 Å². The van der Waals surface area contributed by atoms with Crippen LogP contribution in [0.5, 0.6) is 5.75 Å². The molecule has 3 aromatic rings. The Labute approximate surface area is 223 Å². The van der Waals surface area contributed by atoms with Crippen LogP contribution in [0.1, 0.15) is 24.1 Å². The summed E-state index contributed by atoms with van der Waals surface area (Å²) in [6.45, 7) is 2.68. The lowest BCUT2D eigenvalue weighted by molar-refractivity contribution is -0.123. The molecule has 1 amide bonds. The van der Waals surface area contributed by atoms with E-state index < -0.39 is 37.1 Å². The third-order valence-corrected chi connectivity index (χ3v) is 9.90. The number of nitrogens with zero attached hydrogens (tertiary/aromatic N) is 2. The summed E-state index contributed by atoms with van der Waals surface area (Å²) >= 11 is 0. The van der Waals surface area contributed by atoms with E-state index in [0.717, 1.165) is 22.2 Å². The predicted octanol–water partition coefficient (Wildman–Crippen LogP) is 1.76. The standard InChI is InChI=1S/C26H32N4O6S2/c1-18-15-19(23-5-3-4-6-24(23)29-18)17-36-20-7-9-22(10-8-20)38(34,35)28-16-25(26(27)31)30-13-11-21(12-14-30)37(2,32)33/h3-10,15,21,25,28H,11-14,16-17H2,1-2H3,(H2,27,31)/t25-/m0/s1. The maximum atomic E-state index is 12.9. The van der Waals surface area contributed by atoms with Gasteiger partial charge in [-0.25, -0.2) is 21.6 Å². The molecule has 38 heavy (non-hydrogen) atoms. The van der Waals surface area contributed by atoms with Crippen LogP contribution in [-0.2, 0) is 31.3 Å². The molecule has 0 aliphatic carbocycles. The first kappa shape index (κ1) is 28.0. The Morgan fingerprint density at radius 1 is 1.11 bits per heavy atom. The number of rotatable bonds is 10. The van der Waals surface area contributed by atoms with Crippen LogP contribution in [0.4, 0.5) is 0 Å². The van der Waals surface area contributed by atoms with E-state index >= 15 is 0 Å². The second kappa shape index (κ2) is 11.4. The van der Waals surface area contributed by atoms with Crippen molar-refractivity contribution >= 4 is 36.7 Å². The first-order valence-corrected chi connectivity index (χ1v) is 15.7. The molecule has 4 rings (SSSR count). The minimum absolute atomic E-state index is 0.0223. The topological polar surface area (TPSA) is 149 Å². The highest BCUT2D eigenvalue weighted by Crippen LogP contribution is 2.22. The zero-order chi connectivity index (χ0) is 27.5. The molecule has 1 fully saturated rings. The SMILES string of the molecule is Cc1cc(COc2ccc(S(=O)(=O)NC[C@@H](C(N)=O)N3CCC(S(C)(=O)=O)CC3)cc2)c2ccccc2n1. The first-order chi connectivity index (χ1) is 17.9. The number of carbonyl (C=O) groups is 1. The highest BCUT2D eigenvalue weighted by Gasteiger charge is 2.33. The summed E-state index contributed by atoms with van der Waals surface area (Å²) in [4.78, 5) is 18.4. The zero-order valence-electron chi connectivity index (χ0n) is 21.3. The lowest BCUT2D eigenvalue weighted by atomic mass is 10.1. The smallest absolute Gasteiger partial charge is 0.240 e. The Kier molecular flexibility index (Phi) is 8.36. The lowest BCUT2D eigenvalue weighted by Crippen LogP contribution is -2.54. The predicted molar refractivity (Wildman–Crippen MR) is 145 cm³/mol. The normalized spacial score (nSPS) is 16.4. The molecule has 0 spiro atoms. The van der Waals surface area contributed by atoms with E-state index in [1.807, 2.05) is 37.3 Å². The van der Waals surface area contributed by atoms with Crippen LogP contribution < -0.4 is 15.2 Å². The van der Waals surface area contributed by atoms with Crippen LogP contribution in [0.25, 0.3) is 10.9 Å². The van der Waals surface area contributed by atoms with Crippen molar-refractivity contribution in [3.05, 3.63) is 65.9 Å². The number of sulfone groups is 1. The molecule has 3 N–H and O–H groups in total. The van der Waals surface area contributed by atoms with E-state index in [4.69, 9.17) is 10.5 Å². The van der Waals surface area contributed by atoms with E-state index in [1.165, 1.54) is 18.4 Å². The van der Waals surface area contributed by atoms with Crippen LogP contribution in [0, 0.1) is 6.92 Å². The Bertz CT molecular complexity index is 1520. The minimum Gasteiger partial charge on any atom is -0.489 e. The van der Waals surface area contributed by atoms with Gasteiger partial charge in [0.25, 0.3) is 0 Å². The number of para-hydroxylation sites is 1. The van der Waals surface area contributed by atoms with Crippen LogP contribution in [0.15, 0.2) is 59.5 Å². The van der Waals surface area contributed by atoms with Crippen LogP contribution in [0.3, 0.4) is 0 Å². The van der Waals surface area contributed by atoms with E-state index in [1.54, 1.807) is 17.0 Å². The molecule has 0 radical (unpaired) electrons. The van der Waals surface area contributed by atoms with Crippen molar-refractivity contribution in [1.82, 2.24) is 14.6 Å². The number of aryl methyl sites for hydroxylation is 1.